The SMILES string of the molecule is O=C(O)C1CCCc2cc(Cl)oc21. The number of aliphatic carboxylic acids is 1. The van der Waals surface area contributed by atoms with Gasteiger partial charge >= 0.3 is 5.97 Å². The number of halogens is 1. The molecule has 4 heteroatoms. The van der Waals surface area contributed by atoms with Gasteiger partial charge in [-0.05, 0) is 42.5 Å². The van der Waals surface area contributed by atoms with Gasteiger partial charge in [-0.2, -0.15) is 0 Å². The first-order valence-corrected chi connectivity index (χ1v) is 4.57. The summed E-state index contributed by atoms with van der Waals surface area (Å²) in [5.74, 6) is -0.785. The van der Waals surface area contributed by atoms with Crippen molar-refractivity contribution in [3.8, 4) is 0 Å². The van der Waals surface area contributed by atoms with E-state index in [9.17, 15) is 4.79 Å². The maximum absolute atomic E-state index is 10.8. The zero-order valence-electron chi connectivity index (χ0n) is 6.92. The lowest BCUT2D eigenvalue weighted by molar-refractivity contribution is -0.139. The Kier molecular flexibility index (Phi) is 2.04. The number of carboxylic acid groups (broad SMARTS) is 1. The molecule has 1 unspecified atom stereocenters. The van der Waals surface area contributed by atoms with Gasteiger partial charge in [0.1, 0.15) is 11.7 Å². The first-order chi connectivity index (χ1) is 6.18. The summed E-state index contributed by atoms with van der Waals surface area (Å²) < 4.78 is 5.16. The van der Waals surface area contributed by atoms with Gasteiger partial charge in [0.2, 0.25) is 0 Å². The molecule has 1 heterocycles. The molecule has 1 N–H and O–H groups in total. The van der Waals surface area contributed by atoms with Crippen LogP contribution in [-0.2, 0) is 11.2 Å². The first-order valence-electron chi connectivity index (χ1n) is 4.19. The van der Waals surface area contributed by atoms with Gasteiger partial charge in [0.25, 0.3) is 0 Å². The second kappa shape index (κ2) is 3.07. The van der Waals surface area contributed by atoms with Crippen LogP contribution in [0.1, 0.15) is 30.1 Å². The molecule has 1 aliphatic rings. The summed E-state index contributed by atoms with van der Waals surface area (Å²) >= 11 is 5.66. The van der Waals surface area contributed by atoms with Crippen molar-refractivity contribution in [2.75, 3.05) is 0 Å². The van der Waals surface area contributed by atoms with E-state index in [1.165, 1.54) is 0 Å². The fourth-order valence-electron chi connectivity index (χ4n) is 1.76. The normalized spacial score (nSPS) is 21.2. The molecule has 0 aliphatic heterocycles. The topological polar surface area (TPSA) is 50.4 Å². The van der Waals surface area contributed by atoms with Gasteiger partial charge in [0, 0.05) is 0 Å². The van der Waals surface area contributed by atoms with Crippen LogP contribution in [-0.4, -0.2) is 11.1 Å². The first kappa shape index (κ1) is 8.63. The molecule has 2 rings (SSSR count). The molecule has 0 saturated heterocycles. The van der Waals surface area contributed by atoms with Crippen molar-refractivity contribution in [1.29, 1.82) is 0 Å². The van der Waals surface area contributed by atoms with Crippen LogP contribution in [0.25, 0.3) is 0 Å². The summed E-state index contributed by atoms with van der Waals surface area (Å²) in [6.45, 7) is 0. The van der Waals surface area contributed by atoms with Gasteiger partial charge in [-0.25, -0.2) is 0 Å². The second-order valence-corrected chi connectivity index (χ2v) is 3.60. The predicted octanol–water partition coefficient (Wildman–Crippen LogP) is 2.44. The van der Waals surface area contributed by atoms with Gasteiger partial charge in [-0.3, -0.25) is 4.79 Å². The van der Waals surface area contributed by atoms with Crippen LogP contribution in [0.5, 0.6) is 0 Å². The van der Waals surface area contributed by atoms with Crippen molar-refractivity contribution < 1.29 is 14.3 Å². The number of hydrogen-bond donors (Lipinski definition) is 1. The zero-order chi connectivity index (χ0) is 9.42. The smallest absolute Gasteiger partial charge is 0.314 e. The van der Waals surface area contributed by atoms with E-state index in [1.54, 1.807) is 6.07 Å². The maximum Gasteiger partial charge on any atom is 0.314 e. The number of aryl methyl sites for hydroxylation is 1. The summed E-state index contributed by atoms with van der Waals surface area (Å²) in [6.07, 6.45) is 2.40. The van der Waals surface area contributed by atoms with E-state index in [0.29, 0.717) is 12.2 Å². The number of fused-ring (bicyclic) bond motifs is 1. The Bertz CT molecular complexity index is 343. The molecule has 0 saturated carbocycles. The summed E-state index contributed by atoms with van der Waals surface area (Å²) in [4.78, 5) is 10.8. The van der Waals surface area contributed by atoms with Crippen molar-refractivity contribution in [1.82, 2.24) is 0 Å². The van der Waals surface area contributed by atoms with E-state index in [1.807, 2.05) is 0 Å². The Morgan fingerprint density at radius 3 is 3.15 bits per heavy atom. The van der Waals surface area contributed by atoms with Crippen LogP contribution in [0.2, 0.25) is 5.22 Å². The minimum Gasteiger partial charge on any atom is -0.481 e. The van der Waals surface area contributed by atoms with E-state index in [4.69, 9.17) is 21.1 Å². The molecule has 3 nitrogen and oxygen atoms in total. The van der Waals surface area contributed by atoms with Gasteiger partial charge in [-0.15, -0.1) is 0 Å². The highest BCUT2D eigenvalue weighted by molar-refractivity contribution is 6.29. The van der Waals surface area contributed by atoms with Crippen molar-refractivity contribution in [3.05, 3.63) is 22.6 Å². The highest BCUT2D eigenvalue weighted by Gasteiger charge is 2.29. The van der Waals surface area contributed by atoms with Gasteiger partial charge in [0.15, 0.2) is 5.22 Å². The van der Waals surface area contributed by atoms with Crippen LogP contribution in [0.4, 0.5) is 0 Å². The summed E-state index contributed by atoms with van der Waals surface area (Å²) in [7, 11) is 0. The van der Waals surface area contributed by atoms with Crippen LogP contribution >= 0.6 is 11.6 Å². The number of carboxylic acids is 1. The summed E-state index contributed by atoms with van der Waals surface area (Å²) in [5, 5.41) is 9.18. The lowest BCUT2D eigenvalue weighted by Gasteiger charge is -2.16. The Balaban J connectivity index is 2.41. The van der Waals surface area contributed by atoms with Gasteiger partial charge in [0.05, 0.1) is 0 Å². The molecular weight excluding hydrogens is 192 g/mol. The molecule has 0 bridgehead atoms. The highest BCUT2D eigenvalue weighted by atomic mass is 35.5. The lowest BCUT2D eigenvalue weighted by Crippen LogP contribution is -2.16. The van der Waals surface area contributed by atoms with Crippen molar-refractivity contribution in [2.24, 2.45) is 0 Å². The lowest BCUT2D eigenvalue weighted by atomic mass is 9.89. The minimum absolute atomic E-state index is 0.290. The molecule has 0 spiro atoms. The molecule has 1 aromatic rings. The largest absolute Gasteiger partial charge is 0.481 e. The molecule has 0 amide bonds. The fourth-order valence-corrected chi connectivity index (χ4v) is 1.98. The Labute approximate surface area is 80.3 Å². The van der Waals surface area contributed by atoms with Crippen molar-refractivity contribution >= 4 is 17.6 Å². The van der Waals surface area contributed by atoms with E-state index in [0.717, 1.165) is 18.4 Å². The fraction of sp³-hybridized carbons (Fsp3) is 0.444. The summed E-state index contributed by atoms with van der Waals surface area (Å²) in [5.41, 5.74) is 0.948. The van der Waals surface area contributed by atoms with Crippen molar-refractivity contribution in [2.45, 2.75) is 25.2 Å². The molecule has 0 radical (unpaired) electrons. The molecular formula is C9H9ClO3. The molecule has 0 fully saturated rings. The van der Waals surface area contributed by atoms with E-state index in [-0.39, 0.29) is 5.22 Å². The molecule has 70 valence electrons. The van der Waals surface area contributed by atoms with E-state index >= 15 is 0 Å². The maximum atomic E-state index is 10.8. The van der Waals surface area contributed by atoms with Crippen LogP contribution in [0.15, 0.2) is 10.5 Å². The zero-order valence-corrected chi connectivity index (χ0v) is 7.67. The molecule has 1 atom stereocenters. The van der Waals surface area contributed by atoms with E-state index < -0.39 is 11.9 Å². The van der Waals surface area contributed by atoms with Crippen molar-refractivity contribution in [3.63, 3.8) is 0 Å². The van der Waals surface area contributed by atoms with Crippen LogP contribution in [0.3, 0.4) is 0 Å². The molecule has 1 aliphatic carbocycles. The second-order valence-electron chi connectivity index (χ2n) is 3.22. The predicted molar refractivity (Wildman–Crippen MR) is 47.0 cm³/mol. The standard InChI is InChI=1S/C9H9ClO3/c10-7-4-5-2-1-3-6(9(11)12)8(5)13-7/h4,6H,1-3H2,(H,11,12). The van der Waals surface area contributed by atoms with Gasteiger partial charge < -0.3 is 9.52 Å². The van der Waals surface area contributed by atoms with Crippen LogP contribution in [0, 0.1) is 0 Å². The van der Waals surface area contributed by atoms with E-state index in [2.05, 4.69) is 0 Å². The Hall–Kier alpha value is -0.960. The molecule has 13 heavy (non-hydrogen) atoms. The van der Waals surface area contributed by atoms with Crippen LogP contribution < -0.4 is 0 Å². The minimum atomic E-state index is -0.827. The Morgan fingerprint density at radius 1 is 1.69 bits per heavy atom. The highest BCUT2D eigenvalue weighted by Crippen LogP contribution is 2.35. The number of furan rings is 1. The number of carbonyl (C=O) groups is 1. The number of rotatable bonds is 1. The summed E-state index contributed by atoms with van der Waals surface area (Å²) in [6, 6.07) is 1.71. The van der Waals surface area contributed by atoms with Gasteiger partial charge in [-0.1, -0.05) is 0 Å². The third kappa shape index (κ3) is 1.44. The average Bonchev–Trinajstić information content (AvgIpc) is 2.43. The monoisotopic (exact) mass is 200 g/mol. The number of hydrogen-bond acceptors (Lipinski definition) is 2. The quantitative estimate of drug-likeness (QED) is 0.758. The third-order valence-corrected chi connectivity index (χ3v) is 2.55. The molecule has 1 aromatic heterocycles. The Morgan fingerprint density at radius 2 is 2.46 bits per heavy atom. The molecule has 0 aromatic carbocycles. The third-order valence-electron chi connectivity index (χ3n) is 2.37. The average molecular weight is 201 g/mol.